The van der Waals surface area contributed by atoms with Crippen molar-refractivity contribution in [3.8, 4) is 5.75 Å². The molecule has 0 aromatic heterocycles. The molecule has 1 aromatic rings. The minimum atomic E-state index is 0.614. The molecule has 18 heavy (non-hydrogen) atoms. The molecule has 1 aromatic carbocycles. The lowest BCUT2D eigenvalue weighted by molar-refractivity contribution is 0.344. The zero-order valence-corrected chi connectivity index (χ0v) is 11.2. The van der Waals surface area contributed by atoms with E-state index in [0.29, 0.717) is 12.0 Å². The molecule has 0 bridgehead atoms. The summed E-state index contributed by atoms with van der Waals surface area (Å²) in [6, 6.07) is 7.32. The van der Waals surface area contributed by atoms with Crippen LogP contribution in [-0.4, -0.2) is 19.7 Å². The van der Waals surface area contributed by atoms with E-state index in [1.165, 1.54) is 49.0 Å². The van der Waals surface area contributed by atoms with Crippen molar-refractivity contribution in [2.75, 3.05) is 13.7 Å². The molecule has 1 saturated carbocycles. The summed E-state index contributed by atoms with van der Waals surface area (Å²) < 4.78 is 5.89. The van der Waals surface area contributed by atoms with Crippen molar-refractivity contribution in [1.82, 2.24) is 5.32 Å². The van der Waals surface area contributed by atoms with Gasteiger partial charge in [0, 0.05) is 18.4 Å². The van der Waals surface area contributed by atoms with Crippen LogP contribution in [0.2, 0.25) is 0 Å². The maximum Gasteiger partial charge on any atom is 0.126 e. The van der Waals surface area contributed by atoms with Crippen LogP contribution in [0.1, 0.15) is 49.1 Å². The second kappa shape index (κ2) is 5.31. The standard InChI is InChI=1S/C16H23NO/c1-17-15-9-4-2-3-7-13(15)14-8-5-6-12-10-11-18-16(12)14/h5-6,8,13,15,17H,2-4,7,9-11H2,1H3. The average molecular weight is 245 g/mol. The normalized spacial score (nSPS) is 27.4. The van der Waals surface area contributed by atoms with Crippen molar-refractivity contribution in [1.29, 1.82) is 0 Å². The van der Waals surface area contributed by atoms with Crippen LogP contribution in [0.15, 0.2) is 18.2 Å². The lowest BCUT2D eigenvalue weighted by Gasteiger charge is -2.26. The molecule has 3 rings (SSSR count). The van der Waals surface area contributed by atoms with Gasteiger partial charge >= 0.3 is 0 Å². The summed E-state index contributed by atoms with van der Waals surface area (Å²) >= 11 is 0. The number of benzene rings is 1. The maximum atomic E-state index is 5.89. The highest BCUT2D eigenvalue weighted by atomic mass is 16.5. The minimum Gasteiger partial charge on any atom is -0.493 e. The lowest BCUT2D eigenvalue weighted by atomic mass is 9.86. The molecule has 1 N–H and O–H groups in total. The number of hydrogen-bond acceptors (Lipinski definition) is 2. The monoisotopic (exact) mass is 245 g/mol. The van der Waals surface area contributed by atoms with E-state index in [-0.39, 0.29) is 0 Å². The number of rotatable bonds is 2. The van der Waals surface area contributed by atoms with Crippen LogP contribution in [0.3, 0.4) is 0 Å². The van der Waals surface area contributed by atoms with Gasteiger partial charge < -0.3 is 10.1 Å². The maximum absolute atomic E-state index is 5.89. The number of para-hydroxylation sites is 1. The molecule has 0 amide bonds. The number of fused-ring (bicyclic) bond motifs is 1. The van der Waals surface area contributed by atoms with Gasteiger partial charge in [0.15, 0.2) is 0 Å². The molecule has 2 nitrogen and oxygen atoms in total. The molecule has 2 atom stereocenters. The third kappa shape index (κ3) is 2.14. The van der Waals surface area contributed by atoms with E-state index >= 15 is 0 Å². The molecule has 2 unspecified atom stereocenters. The van der Waals surface area contributed by atoms with E-state index < -0.39 is 0 Å². The van der Waals surface area contributed by atoms with Gasteiger partial charge in [-0.25, -0.2) is 0 Å². The summed E-state index contributed by atoms with van der Waals surface area (Å²) in [6.07, 6.45) is 7.77. The highest BCUT2D eigenvalue weighted by Crippen LogP contribution is 2.40. The van der Waals surface area contributed by atoms with Gasteiger partial charge in [-0.2, -0.15) is 0 Å². The first-order chi connectivity index (χ1) is 8.90. The van der Waals surface area contributed by atoms with Crippen LogP contribution in [0.5, 0.6) is 5.75 Å². The highest BCUT2D eigenvalue weighted by molar-refractivity contribution is 5.46. The third-order valence-electron chi connectivity index (χ3n) is 4.53. The first-order valence-corrected chi connectivity index (χ1v) is 7.32. The van der Waals surface area contributed by atoms with Crippen LogP contribution in [0.25, 0.3) is 0 Å². The Kier molecular flexibility index (Phi) is 3.55. The molecule has 1 aliphatic heterocycles. The van der Waals surface area contributed by atoms with Crippen molar-refractivity contribution in [3.63, 3.8) is 0 Å². The van der Waals surface area contributed by atoms with E-state index in [0.717, 1.165) is 13.0 Å². The second-order valence-corrected chi connectivity index (χ2v) is 5.57. The summed E-state index contributed by atoms with van der Waals surface area (Å²) in [6.45, 7) is 0.864. The smallest absolute Gasteiger partial charge is 0.126 e. The van der Waals surface area contributed by atoms with E-state index in [9.17, 15) is 0 Å². The van der Waals surface area contributed by atoms with E-state index in [1.807, 2.05) is 0 Å². The number of hydrogen-bond donors (Lipinski definition) is 1. The Balaban J connectivity index is 1.94. The fourth-order valence-electron chi connectivity index (χ4n) is 3.56. The SMILES string of the molecule is CNC1CCCCCC1c1cccc2c1OCC2. The average Bonchev–Trinajstić information content (AvgIpc) is 2.76. The summed E-state index contributed by atoms with van der Waals surface area (Å²) in [5, 5.41) is 3.53. The van der Waals surface area contributed by atoms with Crippen molar-refractivity contribution in [2.24, 2.45) is 0 Å². The van der Waals surface area contributed by atoms with Crippen molar-refractivity contribution < 1.29 is 4.74 Å². The van der Waals surface area contributed by atoms with E-state index in [4.69, 9.17) is 4.74 Å². The molecule has 2 heteroatoms. The van der Waals surface area contributed by atoms with E-state index in [2.05, 4.69) is 30.6 Å². The Labute approximate surface area is 110 Å². The van der Waals surface area contributed by atoms with Gasteiger partial charge in [-0.1, -0.05) is 37.5 Å². The highest BCUT2D eigenvalue weighted by Gasteiger charge is 2.28. The summed E-state index contributed by atoms with van der Waals surface area (Å²) in [5.74, 6) is 1.83. The van der Waals surface area contributed by atoms with Crippen molar-refractivity contribution in [2.45, 2.75) is 50.5 Å². The number of likely N-dealkylation sites (N-methyl/N-ethyl adjacent to an activating group) is 1. The van der Waals surface area contributed by atoms with Crippen LogP contribution in [0.4, 0.5) is 0 Å². The zero-order valence-electron chi connectivity index (χ0n) is 11.2. The number of nitrogens with one attached hydrogen (secondary N) is 1. The van der Waals surface area contributed by atoms with E-state index in [1.54, 1.807) is 0 Å². The Morgan fingerprint density at radius 3 is 2.94 bits per heavy atom. The zero-order chi connectivity index (χ0) is 12.4. The Bertz CT molecular complexity index is 416. The molecule has 2 aliphatic rings. The van der Waals surface area contributed by atoms with Crippen LogP contribution in [0, 0.1) is 0 Å². The molecule has 1 fully saturated rings. The first-order valence-electron chi connectivity index (χ1n) is 7.32. The largest absolute Gasteiger partial charge is 0.493 e. The fraction of sp³-hybridized carbons (Fsp3) is 0.625. The van der Waals surface area contributed by atoms with Crippen LogP contribution < -0.4 is 10.1 Å². The topological polar surface area (TPSA) is 21.3 Å². The lowest BCUT2D eigenvalue weighted by Crippen LogP contribution is -2.31. The molecule has 1 heterocycles. The summed E-state index contributed by atoms with van der Waals surface area (Å²) in [7, 11) is 2.10. The molecule has 0 spiro atoms. The number of ether oxygens (including phenoxy) is 1. The molecular weight excluding hydrogens is 222 g/mol. The fourth-order valence-corrected chi connectivity index (χ4v) is 3.56. The molecular formula is C16H23NO. The van der Waals surface area contributed by atoms with Crippen molar-refractivity contribution in [3.05, 3.63) is 29.3 Å². The van der Waals surface area contributed by atoms with Crippen LogP contribution >= 0.6 is 0 Å². The minimum absolute atomic E-state index is 0.614. The molecule has 0 radical (unpaired) electrons. The summed E-state index contributed by atoms with van der Waals surface area (Å²) in [4.78, 5) is 0. The van der Waals surface area contributed by atoms with Gasteiger partial charge in [0.1, 0.15) is 5.75 Å². The molecule has 1 aliphatic carbocycles. The first kappa shape index (κ1) is 12.0. The Morgan fingerprint density at radius 1 is 1.17 bits per heavy atom. The molecule has 98 valence electrons. The Morgan fingerprint density at radius 2 is 2.06 bits per heavy atom. The predicted octanol–water partition coefficient (Wildman–Crippen LogP) is 3.26. The van der Waals surface area contributed by atoms with Gasteiger partial charge in [-0.3, -0.25) is 0 Å². The third-order valence-corrected chi connectivity index (χ3v) is 4.53. The quantitative estimate of drug-likeness (QED) is 0.808. The van der Waals surface area contributed by atoms with Gasteiger partial charge in [-0.05, 0) is 31.0 Å². The van der Waals surface area contributed by atoms with Crippen LogP contribution in [-0.2, 0) is 6.42 Å². The molecule has 0 saturated heterocycles. The second-order valence-electron chi connectivity index (χ2n) is 5.57. The predicted molar refractivity (Wildman–Crippen MR) is 74.3 cm³/mol. The van der Waals surface area contributed by atoms with Gasteiger partial charge in [0.25, 0.3) is 0 Å². The van der Waals surface area contributed by atoms with Gasteiger partial charge in [0.2, 0.25) is 0 Å². The Hall–Kier alpha value is -1.02. The summed E-state index contributed by atoms with van der Waals surface area (Å²) in [5.41, 5.74) is 2.86. The van der Waals surface area contributed by atoms with Gasteiger partial charge in [0.05, 0.1) is 6.61 Å². The van der Waals surface area contributed by atoms with Gasteiger partial charge in [-0.15, -0.1) is 0 Å². The van der Waals surface area contributed by atoms with Crippen molar-refractivity contribution >= 4 is 0 Å².